The highest BCUT2D eigenvalue weighted by molar-refractivity contribution is 5.78. The van der Waals surface area contributed by atoms with E-state index in [0.29, 0.717) is 25.2 Å². The van der Waals surface area contributed by atoms with Crippen molar-refractivity contribution < 1.29 is 18.0 Å². The van der Waals surface area contributed by atoms with Gasteiger partial charge in [0.25, 0.3) is 0 Å². The molecule has 6 nitrogen and oxygen atoms in total. The highest BCUT2D eigenvalue weighted by atomic mass is 19.4. The minimum absolute atomic E-state index is 0.0685. The number of hydrogen-bond acceptors (Lipinski definition) is 3. The van der Waals surface area contributed by atoms with E-state index >= 15 is 0 Å². The van der Waals surface area contributed by atoms with Crippen LogP contribution in [0.5, 0.6) is 0 Å². The molecule has 0 aromatic carbocycles. The van der Waals surface area contributed by atoms with Crippen LogP contribution in [0, 0.1) is 0 Å². The van der Waals surface area contributed by atoms with E-state index in [2.05, 4.69) is 15.1 Å². The topological polar surface area (TPSA) is 66.8 Å². The second-order valence-electron chi connectivity index (χ2n) is 6.02. The molecule has 1 fully saturated rings. The minimum atomic E-state index is -4.44. The van der Waals surface area contributed by atoms with E-state index in [-0.39, 0.29) is 24.1 Å². The highest BCUT2D eigenvalue weighted by Gasteiger charge is 2.34. The standard InChI is InChI=1S/C15H18F3N5O/c1-22-6-4-11(21-22)7-13(24)23-5-2-3-10(9-23)14-19-8-12(20-14)15(16,17)18/h4,6,8,10H,2-3,5,7,9H2,1H3,(H,19,20)/t10-/m1/s1. The Labute approximate surface area is 136 Å². The molecule has 0 spiro atoms. The van der Waals surface area contributed by atoms with Crippen LogP contribution in [0.25, 0.3) is 0 Å². The zero-order valence-electron chi connectivity index (χ0n) is 13.2. The predicted octanol–water partition coefficient (Wildman–Crippen LogP) is 2.11. The number of aromatic amines is 1. The number of nitrogens with one attached hydrogen (secondary N) is 1. The Bertz CT molecular complexity index is 721. The van der Waals surface area contributed by atoms with Crippen molar-refractivity contribution in [2.75, 3.05) is 13.1 Å². The molecule has 9 heteroatoms. The summed E-state index contributed by atoms with van der Waals surface area (Å²) in [7, 11) is 1.78. The zero-order valence-corrected chi connectivity index (χ0v) is 13.2. The minimum Gasteiger partial charge on any atom is -0.342 e. The summed E-state index contributed by atoms with van der Waals surface area (Å²) in [6, 6.07) is 1.78. The molecular formula is C15H18F3N5O. The number of aryl methyl sites for hydroxylation is 1. The van der Waals surface area contributed by atoms with Gasteiger partial charge in [-0.3, -0.25) is 9.48 Å². The lowest BCUT2D eigenvalue weighted by Gasteiger charge is -2.31. The molecule has 0 unspecified atom stereocenters. The van der Waals surface area contributed by atoms with Crippen LogP contribution in [0.1, 0.15) is 36.0 Å². The number of alkyl halides is 3. The molecule has 0 aliphatic carbocycles. The fourth-order valence-electron chi connectivity index (χ4n) is 2.94. The van der Waals surface area contributed by atoms with Crippen molar-refractivity contribution in [3.8, 4) is 0 Å². The number of nitrogens with zero attached hydrogens (tertiary/aromatic N) is 4. The van der Waals surface area contributed by atoms with Crippen LogP contribution < -0.4 is 0 Å². The molecule has 0 saturated carbocycles. The number of carbonyl (C=O) groups excluding carboxylic acids is 1. The highest BCUT2D eigenvalue weighted by Crippen LogP contribution is 2.31. The van der Waals surface area contributed by atoms with Gasteiger partial charge in [0, 0.05) is 32.3 Å². The monoisotopic (exact) mass is 341 g/mol. The Morgan fingerprint density at radius 2 is 2.25 bits per heavy atom. The van der Waals surface area contributed by atoms with E-state index in [1.807, 2.05) is 0 Å². The van der Waals surface area contributed by atoms with E-state index in [1.54, 1.807) is 28.9 Å². The van der Waals surface area contributed by atoms with Crippen molar-refractivity contribution in [1.82, 2.24) is 24.6 Å². The number of rotatable bonds is 3. The summed E-state index contributed by atoms with van der Waals surface area (Å²) in [5, 5.41) is 4.18. The van der Waals surface area contributed by atoms with Gasteiger partial charge in [-0.25, -0.2) is 4.98 Å². The first-order valence-electron chi connectivity index (χ1n) is 7.71. The summed E-state index contributed by atoms with van der Waals surface area (Å²) < 4.78 is 39.6. The first-order chi connectivity index (χ1) is 11.3. The number of amides is 1. The molecule has 1 saturated heterocycles. The summed E-state index contributed by atoms with van der Waals surface area (Å²) in [6.07, 6.45) is -0.222. The maximum absolute atomic E-state index is 12.7. The fraction of sp³-hybridized carbons (Fsp3) is 0.533. The second-order valence-corrected chi connectivity index (χ2v) is 6.02. The third-order valence-electron chi connectivity index (χ3n) is 4.16. The lowest BCUT2D eigenvalue weighted by atomic mass is 9.97. The SMILES string of the molecule is Cn1ccc(CC(=O)N2CCC[C@@H](c3ncc(C(F)(F)F)[nH]3)C2)n1. The molecule has 3 rings (SSSR count). The van der Waals surface area contributed by atoms with Crippen molar-refractivity contribution >= 4 is 5.91 Å². The van der Waals surface area contributed by atoms with Crippen molar-refractivity contribution in [3.63, 3.8) is 0 Å². The smallest absolute Gasteiger partial charge is 0.342 e. The zero-order chi connectivity index (χ0) is 17.3. The van der Waals surface area contributed by atoms with E-state index < -0.39 is 11.9 Å². The van der Waals surface area contributed by atoms with Crippen LogP contribution in [-0.4, -0.2) is 43.6 Å². The average Bonchev–Trinajstić information content (AvgIpc) is 3.16. The molecule has 3 heterocycles. The molecule has 1 atom stereocenters. The van der Waals surface area contributed by atoms with Gasteiger partial charge >= 0.3 is 6.18 Å². The molecule has 0 bridgehead atoms. The quantitative estimate of drug-likeness (QED) is 0.930. The van der Waals surface area contributed by atoms with Gasteiger partial charge in [-0.05, 0) is 18.9 Å². The van der Waals surface area contributed by atoms with Crippen LogP contribution in [0.4, 0.5) is 13.2 Å². The summed E-state index contributed by atoms with van der Waals surface area (Å²) in [6.45, 7) is 0.978. The summed E-state index contributed by atoms with van der Waals surface area (Å²) >= 11 is 0. The Balaban J connectivity index is 1.65. The Hall–Kier alpha value is -2.32. The van der Waals surface area contributed by atoms with Crippen LogP contribution >= 0.6 is 0 Å². The van der Waals surface area contributed by atoms with Crippen molar-refractivity contribution in [3.05, 3.63) is 35.7 Å². The van der Waals surface area contributed by atoms with E-state index in [4.69, 9.17) is 0 Å². The number of carbonyl (C=O) groups is 1. The summed E-state index contributed by atoms with van der Waals surface area (Å²) in [4.78, 5) is 20.3. The first-order valence-corrected chi connectivity index (χ1v) is 7.71. The van der Waals surface area contributed by atoms with E-state index in [9.17, 15) is 18.0 Å². The van der Waals surface area contributed by atoms with Crippen molar-refractivity contribution in [2.24, 2.45) is 7.05 Å². The van der Waals surface area contributed by atoms with Gasteiger partial charge in [-0.15, -0.1) is 0 Å². The maximum atomic E-state index is 12.7. The lowest BCUT2D eigenvalue weighted by Crippen LogP contribution is -2.40. The van der Waals surface area contributed by atoms with Crippen LogP contribution in [0.3, 0.4) is 0 Å². The number of imidazole rings is 1. The van der Waals surface area contributed by atoms with Gasteiger partial charge in [0.2, 0.25) is 5.91 Å². The number of halogens is 3. The first kappa shape index (κ1) is 16.5. The molecule has 2 aromatic rings. The van der Waals surface area contributed by atoms with E-state index in [0.717, 1.165) is 12.6 Å². The number of piperidine rings is 1. The van der Waals surface area contributed by atoms with Gasteiger partial charge in [0.15, 0.2) is 0 Å². The molecule has 1 N–H and O–H groups in total. The van der Waals surface area contributed by atoms with E-state index in [1.165, 1.54) is 0 Å². The number of hydrogen-bond donors (Lipinski definition) is 1. The van der Waals surface area contributed by atoms with Gasteiger partial charge in [-0.1, -0.05) is 0 Å². The van der Waals surface area contributed by atoms with Crippen LogP contribution in [-0.2, 0) is 24.4 Å². The normalized spacial score (nSPS) is 18.8. The third kappa shape index (κ3) is 3.60. The molecule has 1 aliphatic heterocycles. The molecular weight excluding hydrogens is 323 g/mol. The second kappa shape index (κ2) is 6.29. The maximum Gasteiger partial charge on any atom is 0.432 e. The Kier molecular flexibility index (Phi) is 4.33. The van der Waals surface area contributed by atoms with Gasteiger partial charge in [0.1, 0.15) is 11.5 Å². The average molecular weight is 341 g/mol. The molecule has 2 aromatic heterocycles. The lowest BCUT2D eigenvalue weighted by molar-refractivity contribution is -0.141. The summed E-state index contributed by atoms with van der Waals surface area (Å²) in [5.74, 6) is 0.0150. The number of H-pyrrole nitrogens is 1. The predicted molar refractivity (Wildman–Crippen MR) is 79.1 cm³/mol. The van der Waals surface area contributed by atoms with Gasteiger partial charge in [0.05, 0.1) is 18.3 Å². The molecule has 0 radical (unpaired) electrons. The number of aromatic nitrogens is 4. The molecule has 130 valence electrons. The Morgan fingerprint density at radius 3 is 2.88 bits per heavy atom. The molecule has 24 heavy (non-hydrogen) atoms. The van der Waals surface area contributed by atoms with Crippen molar-refractivity contribution in [1.29, 1.82) is 0 Å². The van der Waals surface area contributed by atoms with Gasteiger partial charge < -0.3 is 9.88 Å². The Morgan fingerprint density at radius 1 is 1.46 bits per heavy atom. The number of likely N-dealkylation sites (tertiary alicyclic amines) is 1. The van der Waals surface area contributed by atoms with Crippen LogP contribution in [0.2, 0.25) is 0 Å². The third-order valence-corrected chi connectivity index (χ3v) is 4.16. The largest absolute Gasteiger partial charge is 0.432 e. The molecule has 1 aliphatic rings. The van der Waals surface area contributed by atoms with Crippen molar-refractivity contribution in [2.45, 2.75) is 31.4 Å². The molecule has 1 amide bonds. The van der Waals surface area contributed by atoms with Gasteiger partial charge in [-0.2, -0.15) is 18.3 Å². The fourth-order valence-corrected chi connectivity index (χ4v) is 2.94. The summed E-state index contributed by atoms with van der Waals surface area (Å²) in [5.41, 5.74) is -0.170. The van der Waals surface area contributed by atoms with Crippen LogP contribution in [0.15, 0.2) is 18.5 Å².